The molecule has 4 rings (SSSR count). The smallest absolute Gasteiger partial charge is 0.268 e. The van der Waals surface area contributed by atoms with Gasteiger partial charge in [0.1, 0.15) is 6.04 Å². The second kappa shape index (κ2) is 8.82. The van der Waals surface area contributed by atoms with E-state index in [1.165, 1.54) is 18.5 Å². The molecule has 1 unspecified atom stereocenters. The van der Waals surface area contributed by atoms with Crippen molar-refractivity contribution in [1.82, 2.24) is 19.8 Å². The van der Waals surface area contributed by atoms with E-state index in [1.54, 1.807) is 12.1 Å². The Balaban J connectivity index is 1.48. The molecule has 3 heterocycles. The van der Waals surface area contributed by atoms with Crippen molar-refractivity contribution in [2.24, 2.45) is 7.05 Å². The minimum atomic E-state index is -3.11. The first-order valence-corrected chi connectivity index (χ1v) is 10.3. The molecule has 3 aromatic rings. The van der Waals surface area contributed by atoms with Crippen LogP contribution >= 0.6 is 0 Å². The van der Waals surface area contributed by atoms with Crippen molar-refractivity contribution in [3.8, 4) is 6.07 Å². The summed E-state index contributed by atoms with van der Waals surface area (Å²) < 4.78 is 29.2. The van der Waals surface area contributed by atoms with E-state index in [0.717, 1.165) is 21.4 Å². The number of amides is 2. The predicted molar refractivity (Wildman–Crippen MR) is 119 cm³/mol. The van der Waals surface area contributed by atoms with Crippen molar-refractivity contribution in [1.29, 1.82) is 5.26 Å². The molecule has 9 heteroatoms. The molecule has 0 bridgehead atoms. The molecule has 1 fully saturated rings. The van der Waals surface area contributed by atoms with Crippen molar-refractivity contribution < 1.29 is 18.4 Å². The molecule has 2 aromatic heterocycles. The first-order valence-electron chi connectivity index (χ1n) is 10.3. The number of carbonyl (C=O) groups excluding carboxylic acids is 2. The lowest BCUT2D eigenvalue weighted by molar-refractivity contribution is -0.131. The van der Waals surface area contributed by atoms with Gasteiger partial charge in [0.2, 0.25) is 5.91 Å². The van der Waals surface area contributed by atoms with E-state index in [2.05, 4.69) is 10.3 Å². The highest BCUT2D eigenvalue weighted by Crippen LogP contribution is 2.31. The van der Waals surface area contributed by atoms with Crippen LogP contribution in [0.3, 0.4) is 0 Å². The molecule has 2 amide bonds. The molecule has 1 aliphatic heterocycles. The summed E-state index contributed by atoms with van der Waals surface area (Å²) in [6.45, 7) is -1.31. The number of hydrogen-bond acceptors (Lipinski definition) is 4. The summed E-state index contributed by atoms with van der Waals surface area (Å²) in [5.41, 5.74) is 2.87. The first kappa shape index (κ1) is 22.1. The maximum absolute atomic E-state index is 13.6. The largest absolute Gasteiger partial charge is 0.350 e. The summed E-state index contributed by atoms with van der Waals surface area (Å²) in [7, 11) is 1.95. The van der Waals surface area contributed by atoms with E-state index >= 15 is 0 Å². The number of hydrogen-bond donors (Lipinski definition) is 1. The number of nitriles is 1. The quantitative estimate of drug-likeness (QED) is 0.648. The number of aryl methyl sites for hydroxylation is 1. The fourth-order valence-corrected chi connectivity index (χ4v) is 3.98. The Kier molecular flexibility index (Phi) is 5.92. The van der Waals surface area contributed by atoms with Crippen LogP contribution in [-0.2, 0) is 11.8 Å². The van der Waals surface area contributed by atoms with E-state index in [9.17, 15) is 18.4 Å². The zero-order valence-corrected chi connectivity index (χ0v) is 17.8. The molecule has 0 spiro atoms. The number of carbonyl (C=O) groups is 2. The molecule has 1 saturated heterocycles. The molecule has 1 atom stereocenters. The number of rotatable bonds is 5. The van der Waals surface area contributed by atoms with Gasteiger partial charge in [-0.05, 0) is 17.7 Å². The summed E-state index contributed by atoms with van der Waals surface area (Å²) in [5, 5.41) is 12.6. The Morgan fingerprint density at radius 3 is 2.82 bits per heavy atom. The average molecular weight is 449 g/mol. The van der Waals surface area contributed by atoms with Gasteiger partial charge in [-0.25, -0.2) is 8.78 Å². The van der Waals surface area contributed by atoms with Crippen LogP contribution in [0.2, 0.25) is 0 Å². The molecule has 33 heavy (non-hydrogen) atoms. The Hall–Kier alpha value is -4.06. The minimum absolute atomic E-state index is 0.290. The summed E-state index contributed by atoms with van der Waals surface area (Å²) >= 11 is 0. The number of nitrogens with zero attached hydrogens (tertiary/aromatic N) is 4. The molecule has 1 aromatic carbocycles. The molecule has 168 valence electrons. The maximum atomic E-state index is 13.6. The number of para-hydroxylation sites is 1. The highest BCUT2D eigenvalue weighted by Gasteiger charge is 2.47. The van der Waals surface area contributed by atoms with Crippen molar-refractivity contribution >= 4 is 34.9 Å². The van der Waals surface area contributed by atoms with Crippen molar-refractivity contribution in [2.45, 2.75) is 18.4 Å². The monoisotopic (exact) mass is 449 g/mol. The van der Waals surface area contributed by atoms with Crippen molar-refractivity contribution in [3.63, 3.8) is 0 Å². The van der Waals surface area contributed by atoms with Gasteiger partial charge in [0, 0.05) is 54.1 Å². The summed E-state index contributed by atoms with van der Waals surface area (Å²) in [4.78, 5) is 30.0. The normalized spacial score (nSPS) is 17.4. The Morgan fingerprint density at radius 2 is 2.03 bits per heavy atom. The van der Waals surface area contributed by atoms with Gasteiger partial charge in [-0.2, -0.15) is 5.26 Å². The number of pyridine rings is 1. The molecular weight excluding hydrogens is 428 g/mol. The zero-order valence-electron chi connectivity index (χ0n) is 17.8. The number of aromatic nitrogens is 2. The van der Waals surface area contributed by atoms with Gasteiger partial charge in [-0.3, -0.25) is 14.6 Å². The van der Waals surface area contributed by atoms with Crippen LogP contribution < -0.4 is 5.32 Å². The molecule has 7 nitrogen and oxygen atoms in total. The summed E-state index contributed by atoms with van der Waals surface area (Å²) in [6.07, 6.45) is 7.91. The van der Waals surface area contributed by atoms with Crippen LogP contribution in [-0.4, -0.2) is 51.3 Å². The average Bonchev–Trinajstić information content (AvgIpc) is 3.31. The Morgan fingerprint density at radius 1 is 1.27 bits per heavy atom. The second-order valence-corrected chi connectivity index (χ2v) is 7.92. The SMILES string of the molecule is Cn1cc(/C=C/c2cnccc2C(=O)NCC(=O)N2CC(F)(F)CC2C#N)c2ccccc21. The van der Waals surface area contributed by atoms with E-state index in [1.807, 2.05) is 48.2 Å². The standard InChI is InChI=1S/C24H21F2N5O2/c1-30-14-17(19-4-2-3-5-21(19)30)7-6-16-12-28-9-8-20(16)23(33)29-13-22(32)31-15-24(25,26)10-18(31)11-27/h2-9,12,14,18H,10,13,15H2,1H3,(H,29,33)/b7-6+. The molecule has 1 N–H and O–H groups in total. The minimum Gasteiger partial charge on any atom is -0.350 e. The number of benzene rings is 1. The lowest BCUT2D eigenvalue weighted by atomic mass is 10.1. The number of halogens is 2. The van der Waals surface area contributed by atoms with Crippen molar-refractivity contribution in [2.75, 3.05) is 13.1 Å². The lowest BCUT2D eigenvalue weighted by Gasteiger charge is -2.19. The van der Waals surface area contributed by atoms with Gasteiger partial charge in [-0.1, -0.05) is 30.4 Å². The molecule has 0 radical (unpaired) electrons. The summed E-state index contributed by atoms with van der Waals surface area (Å²) in [6, 6.07) is 9.97. The van der Waals surface area contributed by atoms with E-state index in [-0.39, 0.29) is 5.56 Å². The molecular formula is C24H21F2N5O2. The van der Waals surface area contributed by atoms with Crippen LogP contribution in [0.1, 0.15) is 27.9 Å². The van der Waals surface area contributed by atoms with Gasteiger partial charge in [0.25, 0.3) is 11.8 Å². The zero-order chi connectivity index (χ0) is 23.6. The van der Waals surface area contributed by atoms with E-state index < -0.39 is 43.3 Å². The number of alkyl halides is 2. The second-order valence-electron chi connectivity index (χ2n) is 7.92. The fourth-order valence-electron chi connectivity index (χ4n) is 3.98. The van der Waals surface area contributed by atoms with Gasteiger partial charge in [-0.15, -0.1) is 0 Å². The highest BCUT2D eigenvalue weighted by atomic mass is 19.3. The molecule has 0 aliphatic carbocycles. The number of likely N-dealkylation sites (tertiary alicyclic amines) is 1. The van der Waals surface area contributed by atoms with E-state index in [0.29, 0.717) is 5.56 Å². The van der Waals surface area contributed by atoms with E-state index in [4.69, 9.17) is 5.26 Å². The van der Waals surface area contributed by atoms with Crippen LogP contribution in [0.25, 0.3) is 23.1 Å². The van der Waals surface area contributed by atoms with Crippen LogP contribution in [0.4, 0.5) is 8.78 Å². The molecule has 1 aliphatic rings. The Labute approximate surface area is 188 Å². The van der Waals surface area contributed by atoms with Gasteiger partial charge < -0.3 is 14.8 Å². The van der Waals surface area contributed by atoms with Crippen LogP contribution in [0.5, 0.6) is 0 Å². The number of fused-ring (bicyclic) bond motifs is 1. The molecule has 0 saturated carbocycles. The fraction of sp³-hybridized carbons (Fsp3) is 0.250. The third-order valence-corrected chi connectivity index (χ3v) is 5.61. The highest BCUT2D eigenvalue weighted by molar-refractivity contribution is 6.01. The third-order valence-electron chi connectivity index (χ3n) is 5.61. The van der Waals surface area contributed by atoms with Gasteiger partial charge in [0.15, 0.2) is 0 Å². The van der Waals surface area contributed by atoms with Crippen molar-refractivity contribution in [3.05, 3.63) is 65.6 Å². The predicted octanol–water partition coefficient (Wildman–Crippen LogP) is 3.23. The third kappa shape index (κ3) is 4.60. The van der Waals surface area contributed by atoms with Crippen LogP contribution in [0, 0.1) is 11.3 Å². The first-order chi connectivity index (χ1) is 15.8. The number of nitrogens with one attached hydrogen (secondary N) is 1. The topological polar surface area (TPSA) is 91.0 Å². The Bertz CT molecular complexity index is 1290. The lowest BCUT2D eigenvalue weighted by Crippen LogP contribution is -2.43. The maximum Gasteiger partial charge on any atom is 0.268 e. The van der Waals surface area contributed by atoms with Gasteiger partial charge >= 0.3 is 0 Å². The summed E-state index contributed by atoms with van der Waals surface area (Å²) in [5.74, 6) is -4.37. The van der Waals surface area contributed by atoms with Crippen LogP contribution in [0.15, 0.2) is 48.9 Å². The van der Waals surface area contributed by atoms with Gasteiger partial charge in [0.05, 0.1) is 19.2 Å².